The van der Waals surface area contributed by atoms with Gasteiger partial charge in [0.2, 0.25) is 0 Å². The summed E-state index contributed by atoms with van der Waals surface area (Å²) in [6, 6.07) is 16.1. The molecule has 3 aliphatic heterocycles. The Balaban J connectivity index is 1.17. The highest BCUT2D eigenvalue weighted by molar-refractivity contribution is 6.32. The number of carbonyl (C=O) groups is 1. The van der Waals surface area contributed by atoms with Crippen LogP contribution in [0, 0.1) is 16.7 Å². The van der Waals surface area contributed by atoms with Gasteiger partial charge in [0.15, 0.2) is 0 Å². The van der Waals surface area contributed by atoms with Crippen LogP contribution in [0.4, 0.5) is 11.4 Å². The van der Waals surface area contributed by atoms with E-state index in [9.17, 15) is 4.79 Å². The van der Waals surface area contributed by atoms with E-state index < -0.39 is 0 Å². The molecule has 0 aromatic heterocycles. The van der Waals surface area contributed by atoms with Gasteiger partial charge in [-0.25, -0.2) is 0 Å². The number of rotatable bonds is 3. The first kappa shape index (κ1) is 23.0. The smallest absolute Gasteiger partial charge is 0.253 e. The molecule has 0 N–H and O–H groups in total. The SMILES string of the molecule is CN1CCN(C(=O)c2ccc(N3CCC4(CC3)CCN(c3ccc(C#N)c(Cl)c3)C4)cc2)CC1. The molecule has 34 heavy (non-hydrogen) atoms. The zero-order valence-electron chi connectivity index (χ0n) is 19.8. The van der Waals surface area contributed by atoms with Crippen molar-refractivity contribution in [3.05, 3.63) is 58.6 Å². The molecular weight excluding hydrogens is 446 g/mol. The van der Waals surface area contributed by atoms with Gasteiger partial charge in [0.1, 0.15) is 6.07 Å². The van der Waals surface area contributed by atoms with Crippen molar-refractivity contribution in [2.75, 3.05) is 69.2 Å². The first-order valence-corrected chi connectivity index (χ1v) is 12.6. The number of amides is 1. The number of piperazine rings is 1. The predicted molar refractivity (Wildman–Crippen MR) is 137 cm³/mol. The van der Waals surface area contributed by atoms with E-state index >= 15 is 0 Å². The summed E-state index contributed by atoms with van der Waals surface area (Å²) in [5, 5.41) is 9.66. The first-order valence-electron chi connectivity index (χ1n) is 12.2. The van der Waals surface area contributed by atoms with Crippen molar-refractivity contribution in [1.82, 2.24) is 9.80 Å². The number of carbonyl (C=O) groups excluding carboxylic acids is 1. The second-order valence-corrected chi connectivity index (χ2v) is 10.5. The lowest BCUT2D eigenvalue weighted by Gasteiger charge is -2.40. The van der Waals surface area contributed by atoms with Crippen molar-refractivity contribution >= 4 is 28.9 Å². The van der Waals surface area contributed by atoms with Gasteiger partial charge in [0.05, 0.1) is 10.6 Å². The fourth-order valence-corrected chi connectivity index (χ4v) is 5.82. The van der Waals surface area contributed by atoms with Gasteiger partial charge in [-0.3, -0.25) is 4.79 Å². The number of likely N-dealkylation sites (N-methyl/N-ethyl adjacent to an activating group) is 1. The Morgan fingerprint density at radius 2 is 1.50 bits per heavy atom. The van der Waals surface area contributed by atoms with Gasteiger partial charge in [-0.2, -0.15) is 5.26 Å². The van der Waals surface area contributed by atoms with Crippen molar-refractivity contribution in [3.63, 3.8) is 0 Å². The molecule has 5 rings (SSSR count). The highest BCUT2D eigenvalue weighted by Gasteiger charge is 2.40. The number of benzene rings is 2. The van der Waals surface area contributed by atoms with Crippen LogP contribution in [0.3, 0.4) is 0 Å². The minimum Gasteiger partial charge on any atom is -0.371 e. The zero-order valence-corrected chi connectivity index (χ0v) is 20.6. The second kappa shape index (κ2) is 9.48. The summed E-state index contributed by atoms with van der Waals surface area (Å²) in [5.74, 6) is 0.145. The topological polar surface area (TPSA) is 53.8 Å². The highest BCUT2D eigenvalue weighted by Crippen LogP contribution is 2.43. The molecule has 3 saturated heterocycles. The molecule has 2 aromatic rings. The predicted octanol–water partition coefficient (Wildman–Crippen LogP) is 4.10. The molecule has 0 saturated carbocycles. The van der Waals surface area contributed by atoms with Crippen molar-refractivity contribution < 1.29 is 4.79 Å². The second-order valence-electron chi connectivity index (χ2n) is 10.1. The van der Waals surface area contributed by atoms with Crippen LogP contribution in [0.15, 0.2) is 42.5 Å². The summed E-state index contributed by atoms with van der Waals surface area (Å²) >= 11 is 6.27. The van der Waals surface area contributed by atoms with E-state index in [2.05, 4.69) is 39.9 Å². The van der Waals surface area contributed by atoms with E-state index in [1.807, 2.05) is 35.2 Å². The lowest BCUT2D eigenvalue weighted by atomic mass is 9.77. The number of piperidine rings is 1. The van der Waals surface area contributed by atoms with Crippen LogP contribution in [-0.4, -0.2) is 75.1 Å². The molecule has 7 heteroatoms. The van der Waals surface area contributed by atoms with E-state index in [0.29, 0.717) is 16.0 Å². The number of halogens is 1. The van der Waals surface area contributed by atoms with Crippen molar-refractivity contribution in [3.8, 4) is 6.07 Å². The lowest BCUT2D eigenvalue weighted by molar-refractivity contribution is 0.0664. The Bertz CT molecular complexity index is 1080. The average Bonchev–Trinajstić information content (AvgIpc) is 3.28. The van der Waals surface area contributed by atoms with Crippen LogP contribution in [0.1, 0.15) is 35.2 Å². The Morgan fingerprint density at radius 3 is 2.12 bits per heavy atom. The van der Waals surface area contributed by atoms with Crippen LogP contribution in [0.5, 0.6) is 0 Å². The maximum Gasteiger partial charge on any atom is 0.253 e. The lowest BCUT2D eigenvalue weighted by Crippen LogP contribution is -2.47. The quantitative estimate of drug-likeness (QED) is 0.666. The van der Waals surface area contributed by atoms with E-state index in [4.69, 9.17) is 16.9 Å². The van der Waals surface area contributed by atoms with Crippen molar-refractivity contribution in [1.29, 1.82) is 5.26 Å². The van der Waals surface area contributed by atoms with Gasteiger partial charge >= 0.3 is 0 Å². The number of anilines is 2. The molecule has 178 valence electrons. The maximum atomic E-state index is 12.8. The summed E-state index contributed by atoms with van der Waals surface area (Å²) in [5.41, 5.74) is 3.98. The summed E-state index contributed by atoms with van der Waals surface area (Å²) in [4.78, 5) is 21.9. The molecule has 1 spiro atoms. The molecule has 6 nitrogen and oxygen atoms in total. The first-order chi connectivity index (χ1) is 16.5. The van der Waals surface area contributed by atoms with Crippen LogP contribution >= 0.6 is 11.6 Å². The number of nitriles is 1. The summed E-state index contributed by atoms with van der Waals surface area (Å²) in [6.07, 6.45) is 3.52. The van der Waals surface area contributed by atoms with E-state index in [0.717, 1.165) is 76.5 Å². The fourth-order valence-electron chi connectivity index (χ4n) is 5.60. The largest absolute Gasteiger partial charge is 0.371 e. The average molecular weight is 478 g/mol. The summed E-state index contributed by atoms with van der Waals surface area (Å²) in [6.45, 7) is 7.63. The standard InChI is InChI=1S/C27H32ClN5O/c1-30-14-16-32(17-15-30)26(34)21-2-5-23(6-3-21)31-11-8-27(9-12-31)10-13-33(20-27)24-7-4-22(19-29)25(28)18-24/h2-7,18H,8-17,20H2,1H3. The molecule has 2 aromatic carbocycles. The Labute approximate surface area is 207 Å². The maximum absolute atomic E-state index is 12.8. The molecule has 3 fully saturated rings. The number of nitrogens with zero attached hydrogens (tertiary/aromatic N) is 5. The van der Waals surface area contributed by atoms with Gasteiger partial charge in [-0.05, 0) is 74.2 Å². The normalized spacial score (nSPS) is 20.6. The molecule has 0 unspecified atom stereocenters. The van der Waals surface area contributed by atoms with Crippen LogP contribution in [0.2, 0.25) is 5.02 Å². The Morgan fingerprint density at radius 1 is 0.882 bits per heavy atom. The van der Waals surface area contributed by atoms with Gasteiger partial charge in [-0.15, -0.1) is 0 Å². The van der Waals surface area contributed by atoms with E-state index in [-0.39, 0.29) is 5.91 Å². The third-order valence-electron chi connectivity index (χ3n) is 7.97. The highest BCUT2D eigenvalue weighted by atomic mass is 35.5. The molecule has 0 aliphatic carbocycles. The van der Waals surface area contributed by atoms with Crippen molar-refractivity contribution in [2.24, 2.45) is 5.41 Å². The van der Waals surface area contributed by atoms with Gasteiger partial charge < -0.3 is 19.6 Å². The van der Waals surface area contributed by atoms with Crippen LogP contribution in [0.25, 0.3) is 0 Å². The molecular formula is C27H32ClN5O. The van der Waals surface area contributed by atoms with Gasteiger partial charge in [0, 0.05) is 69.3 Å². The van der Waals surface area contributed by atoms with Gasteiger partial charge in [0.25, 0.3) is 5.91 Å². The van der Waals surface area contributed by atoms with Crippen LogP contribution in [-0.2, 0) is 0 Å². The minimum absolute atomic E-state index is 0.145. The van der Waals surface area contributed by atoms with Crippen molar-refractivity contribution in [2.45, 2.75) is 19.3 Å². The van der Waals surface area contributed by atoms with E-state index in [1.54, 1.807) is 0 Å². The van der Waals surface area contributed by atoms with E-state index in [1.165, 1.54) is 12.1 Å². The zero-order chi connectivity index (χ0) is 23.7. The molecule has 0 bridgehead atoms. The minimum atomic E-state index is 0.145. The molecule has 0 radical (unpaired) electrons. The molecule has 0 atom stereocenters. The number of hydrogen-bond donors (Lipinski definition) is 0. The monoisotopic (exact) mass is 477 g/mol. The molecule has 3 heterocycles. The summed E-state index contributed by atoms with van der Waals surface area (Å²) < 4.78 is 0. The van der Waals surface area contributed by atoms with Crippen LogP contribution < -0.4 is 9.80 Å². The number of hydrogen-bond acceptors (Lipinski definition) is 5. The third-order valence-corrected chi connectivity index (χ3v) is 8.28. The third kappa shape index (κ3) is 4.60. The molecule has 3 aliphatic rings. The Kier molecular flexibility index (Phi) is 6.42. The molecule has 1 amide bonds. The Hall–Kier alpha value is -2.75. The summed E-state index contributed by atoms with van der Waals surface area (Å²) in [7, 11) is 2.10. The van der Waals surface area contributed by atoms with Gasteiger partial charge in [-0.1, -0.05) is 11.6 Å². The fraction of sp³-hybridized carbons (Fsp3) is 0.481.